The highest BCUT2D eigenvalue weighted by Gasteiger charge is 2.19. The van der Waals surface area contributed by atoms with Gasteiger partial charge in [0, 0.05) is 4.47 Å². The van der Waals surface area contributed by atoms with E-state index in [1.165, 1.54) is 0 Å². The molecule has 146 valence electrons. The summed E-state index contributed by atoms with van der Waals surface area (Å²) in [5.41, 5.74) is 1.31. The fourth-order valence-electron chi connectivity index (χ4n) is 2.43. The third kappa shape index (κ3) is 4.87. The number of hydrogen-bond acceptors (Lipinski definition) is 4. The molecule has 0 bridgehead atoms. The summed E-state index contributed by atoms with van der Waals surface area (Å²) in [5.74, 6) is -0.997. The van der Waals surface area contributed by atoms with Crippen LogP contribution in [0.2, 0.25) is 0 Å². The first-order valence-corrected chi connectivity index (χ1v) is 9.92. The van der Waals surface area contributed by atoms with Gasteiger partial charge in [0.25, 0.3) is 0 Å². The Bertz CT molecular complexity index is 1010. The number of imidazole rings is 1. The maximum absolute atomic E-state index is 13.4. The van der Waals surface area contributed by atoms with E-state index in [4.69, 9.17) is 0 Å². The molecule has 2 amide bonds. The number of thioether (sulfide) groups is 1. The van der Waals surface area contributed by atoms with Crippen molar-refractivity contribution in [3.05, 3.63) is 53.0 Å². The van der Waals surface area contributed by atoms with Crippen molar-refractivity contribution in [1.82, 2.24) is 14.9 Å². The van der Waals surface area contributed by atoms with Gasteiger partial charge in [-0.15, -0.1) is 0 Å². The van der Waals surface area contributed by atoms with E-state index in [1.807, 2.05) is 6.07 Å². The number of fused-ring (bicyclic) bond motifs is 1. The monoisotopic (exact) mass is 468 g/mol. The SMILES string of the molecule is O=C(CSc1nc2ccccc2n1C(F)F)NCC(=O)Nc1ccccc1Br. The van der Waals surface area contributed by atoms with Crippen LogP contribution in [0, 0.1) is 0 Å². The zero-order valence-corrected chi connectivity index (χ0v) is 16.8. The van der Waals surface area contributed by atoms with Gasteiger partial charge in [0.1, 0.15) is 0 Å². The Kier molecular flexibility index (Phi) is 6.63. The number of amides is 2. The summed E-state index contributed by atoms with van der Waals surface area (Å²) >= 11 is 4.20. The van der Waals surface area contributed by atoms with E-state index in [9.17, 15) is 18.4 Å². The third-order valence-corrected chi connectivity index (χ3v) is 5.33. The van der Waals surface area contributed by atoms with E-state index in [0.717, 1.165) is 20.8 Å². The van der Waals surface area contributed by atoms with Crippen LogP contribution in [0.3, 0.4) is 0 Å². The molecule has 0 saturated heterocycles. The molecular formula is C18H15BrF2N4O2S. The number of carbonyl (C=O) groups is 2. The molecule has 10 heteroatoms. The van der Waals surface area contributed by atoms with Crippen LogP contribution in [0.4, 0.5) is 14.5 Å². The molecule has 3 aromatic rings. The predicted molar refractivity (Wildman–Crippen MR) is 107 cm³/mol. The zero-order valence-electron chi connectivity index (χ0n) is 14.4. The second-order valence-electron chi connectivity index (χ2n) is 5.62. The third-order valence-electron chi connectivity index (χ3n) is 3.69. The van der Waals surface area contributed by atoms with Gasteiger partial charge in [0.15, 0.2) is 5.16 Å². The largest absolute Gasteiger partial charge is 0.346 e. The molecule has 2 N–H and O–H groups in total. The minimum Gasteiger partial charge on any atom is -0.346 e. The van der Waals surface area contributed by atoms with Gasteiger partial charge >= 0.3 is 6.55 Å². The van der Waals surface area contributed by atoms with Crippen molar-refractivity contribution in [3.63, 3.8) is 0 Å². The molecule has 1 heterocycles. The second-order valence-corrected chi connectivity index (χ2v) is 7.42. The summed E-state index contributed by atoms with van der Waals surface area (Å²) in [6.07, 6.45) is 0. The number of nitrogens with one attached hydrogen (secondary N) is 2. The first kappa shape index (κ1) is 20.3. The Morgan fingerprint density at radius 3 is 2.57 bits per heavy atom. The minimum absolute atomic E-state index is 0.0454. The van der Waals surface area contributed by atoms with Crippen LogP contribution >= 0.6 is 27.7 Å². The van der Waals surface area contributed by atoms with Crippen LogP contribution in [0.1, 0.15) is 6.55 Å². The first-order valence-electron chi connectivity index (χ1n) is 8.14. The van der Waals surface area contributed by atoms with Crippen LogP contribution in [0.5, 0.6) is 0 Å². The molecular weight excluding hydrogens is 454 g/mol. The summed E-state index contributed by atoms with van der Waals surface area (Å²) in [6, 6.07) is 13.6. The average molecular weight is 469 g/mol. The number of para-hydroxylation sites is 3. The highest BCUT2D eigenvalue weighted by Crippen LogP contribution is 2.29. The van der Waals surface area contributed by atoms with E-state index < -0.39 is 18.4 Å². The number of anilines is 1. The normalized spacial score (nSPS) is 11.0. The molecule has 0 aliphatic rings. The van der Waals surface area contributed by atoms with Crippen molar-refractivity contribution in [1.29, 1.82) is 0 Å². The molecule has 0 atom stereocenters. The lowest BCUT2D eigenvalue weighted by atomic mass is 10.3. The summed E-state index contributed by atoms with van der Waals surface area (Å²) in [5, 5.41) is 5.17. The Morgan fingerprint density at radius 1 is 1.11 bits per heavy atom. The van der Waals surface area contributed by atoms with Crippen molar-refractivity contribution in [2.24, 2.45) is 0 Å². The maximum atomic E-state index is 13.4. The quantitative estimate of drug-likeness (QED) is 0.513. The lowest BCUT2D eigenvalue weighted by molar-refractivity contribution is -0.122. The van der Waals surface area contributed by atoms with Crippen LogP contribution in [-0.2, 0) is 9.59 Å². The van der Waals surface area contributed by atoms with Gasteiger partial charge in [-0.1, -0.05) is 36.0 Å². The van der Waals surface area contributed by atoms with Gasteiger partial charge in [0.2, 0.25) is 11.8 Å². The molecule has 0 saturated carbocycles. The minimum atomic E-state index is -2.77. The molecule has 0 unspecified atom stereocenters. The van der Waals surface area contributed by atoms with Crippen molar-refractivity contribution >= 4 is 56.2 Å². The summed E-state index contributed by atoms with van der Waals surface area (Å²) in [4.78, 5) is 28.1. The fourth-order valence-corrected chi connectivity index (χ4v) is 3.66. The number of aromatic nitrogens is 2. The molecule has 0 aliphatic carbocycles. The average Bonchev–Trinajstić information content (AvgIpc) is 3.05. The van der Waals surface area contributed by atoms with Crippen LogP contribution in [0.25, 0.3) is 11.0 Å². The Balaban J connectivity index is 1.55. The Morgan fingerprint density at radius 2 is 1.82 bits per heavy atom. The molecule has 0 fully saturated rings. The molecule has 3 rings (SSSR count). The van der Waals surface area contributed by atoms with Gasteiger partial charge in [-0.05, 0) is 40.2 Å². The standard InChI is InChI=1S/C18H15BrF2N4O2S/c19-11-5-1-2-6-12(11)23-15(26)9-22-16(27)10-28-18-24-13-7-3-4-8-14(13)25(18)17(20)21/h1-8,17H,9-10H2,(H,22,27)(H,23,26). The lowest BCUT2D eigenvalue weighted by Crippen LogP contribution is -2.34. The van der Waals surface area contributed by atoms with Crippen molar-refractivity contribution < 1.29 is 18.4 Å². The number of halogens is 3. The topological polar surface area (TPSA) is 76.0 Å². The highest BCUT2D eigenvalue weighted by atomic mass is 79.9. The van der Waals surface area contributed by atoms with E-state index >= 15 is 0 Å². The molecule has 0 aliphatic heterocycles. The predicted octanol–water partition coefficient (Wildman–Crippen LogP) is 4.04. The zero-order chi connectivity index (χ0) is 20.1. The van der Waals surface area contributed by atoms with Gasteiger partial charge in [0.05, 0.1) is 29.0 Å². The van der Waals surface area contributed by atoms with Gasteiger partial charge in [-0.2, -0.15) is 8.78 Å². The number of hydrogen-bond donors (Lipinski definition) is 2. The second kappa shape index (κ2) is 9.16. The van der Waals surface area contributed by atoms with E-state index in [0.29, 0.717) is 16.7 Å². The Labute approximate surface area is 171 Å². The fraction of sp³-hybridized carbons (Fsp3) is 0.167. The number of carbonyl (C=O) groups excluding carboxylic acids is 2. The molecule has 6 nitrogen and oxygen atoms in total. The number of nitrogens with zero attached hydrogens (tertiary/aromatic N) is 2. The smallest absolute Gasteiger partial charge is 0.321 e. The molecule has 0 spiro atoms. The van der Waals surface area contributed by atoms with Crippen LogP contribution in [0.15, 0.2) is 58.2 Å². The lowest BCUT2D eigenvalue weighted by Gasteiger charge is -2.09. The number of rotatable bonds is 7. The Hall–Kier alpha value is -2.46. The molecule has 28 heavy (non-hydrogen) atoms. The van der Waals surface area contributed by atoms with Gasteiger partial charge < -0.3 is 10.6 Å². The first-order chi connectivity index (χ1) is 13.5. The molecule has 0 radical (unpaired) electrons. The van der Waals surface area contributed by atoms with Gasteiger partial charge in [-0.25, -0.2) is 4.98 Å². The molecule has 2 aromatic carbocycles. The van der Waals surface area contributed by atoms with Crippen molar-refractivity contribution in [2.45, 2.75) is 11.7 Å². The maximum Gasteiger partial charge on any atom is 0.321 e. The highest BCUT2D eigenvalue weighted by molar-refractivity contribution is 9.10. The van der Waals surface area contributed by atoms with Gasteiger partial charge in [-0.3, -0.25) is 14.2 Å². The number of alkyl halides is 2. The number of benzene rings is 2. The van der Waals surface area contributed by atoms with Crippen molar-refractivity contribution in [2.75, 3.05) is 17.6 Å². The van der Waals surface area contributed by atoms with Crippen LogP contribution in [-0.4, -0.2) is 33.7 Å². The summed E-state index contributed by atoms with van der Waals surface area (Å²) < 4.78 is 28.2. The summed E-state index contributed by atoms with van der Waals surface area (Å²) in [7, 11) is 0. The van der Waals surface area contributed by atoms with Crippen molar-refractivity contribution in [3.8, 4) is 0 Å². The van der Waals surface area contributed by atoms with E-state index in [1.54, 1.807) is 42.5 Å². The molecule has 1 aromatic heterocycles. The van der Waals surface area contributed by atoms with Crippen LogP contribution < -0.4 is 10.6 Å². The van der Waals surface area contributed by atoms with E-state index in [2.05, 4.69) is 31.5 Å². The summed E-state index contributed by atoms with van der Waals surface area (Å²) in [6.45, 7) is -3.00. The van der Waals surface area contributed by atoms with E-state index in [-0.39, 0.29) is 17.5 Å².